The molecule has 4 nitrogen and oxygen atoms in total. The molecule has 1 fully saturated rings. The maximum absolute atomic E-state index is 11.6. The van der Waals surface area contributed by atoms with Crippen LogP contribution in [0.25, 0.3) is 0 Å². The summed E-state index contributed by atoms with van der Waals surface area (Å²) in [6.45, 7) is 3.07. The Bertz CT molecular complexity index is 302. The van der Waals surface area contributed by atoms with Gasteiger partial charge in [-0.1, -0.05) is 0 Å². The summed E-state index contributed by atoms with van der Waals surface area (Å²) in [5, 5.41) is 3.15. The Kier molecular flexibility index (Phi) is 3.40. The van der Waals surface area contributed by atoms with Gasteiger partial charge in [-0.15, -0.1) is 0 Å². The van der Waals surface area contributed by atoms with E-state index >= 15 is 0 Å². The lowest BCUT2D eigenvalue weighted by atomic mass is 10.3. The number of H-pyrrole nitrogens is 1. The Morgan fingerprint density at radius 2 is 2.27 bits per heavy atom. The second-order valence-electron chi connectivity index (χ2n) is 3.91. The normalized spacial score (nSPS) is 15.9. The summed E-state index contributed by atoms with van der Waals surface area (Å²) in [7, 11) is 0. The van der Waals surface area contributed by atoms with Crippen molar-refractivity contribution in [3.05, 3.63) is 24.0 Å². The molecule has 1 amide bonds. The van der Waals surface area contributed by atoms with Crippen LogP contribution in [-0.4, -0.2) is 35.4 Å². The highest BCUT2D eigenvalue weighted by Gasteiger charge is 2.16. The summed E-state index contributed by atoms with van der Waals surface area (Å²) < 4.78 is 0. The average molecular weight is 207 g/mol. The number of nitrogens with zero attached hydrogens (tertiary/aromatic N) is 1. The fraction of sp³-hybridized carbons (Fsp3) is 0.545. The van der Waals surface area contributed by atoms with Crippen LogP contribution >= 0.6 is 0 Å². The molecule has 2 rings (SSSR count). The first-order valence-electron chi connectivity index (χ1n) is 5.46. The van der Waals surface area contributed by atoms with Crippen LogP contribution in [0.2, 0.25) is 0 Å². The first-order valence-corrected chi connectivity index (χ1v) is 5.46. The van der Waals surface area contributed by atoms with E-state index in [0.29, 0.717) is 6.54 Å². The van der Waals surface area contributed by atoms with Crippen molar-refractivity contribution in [2.75, 3.05) is 19.6 Å². The monoisotopic (exact) mass is 207 g/mol. The number of hydrogen-bond donors (Lipinski definition) is 2. The van der Waals surface area contributed by atoms with Crippen molar-refractivity contribution in [2.45, 2.75) is 19.4 Å². The van der Waals surface area contributed by atoms with Gasteiger partial charge in [0.25, 0.3) is 0 Å². The van der Waals surface area contributed by atoms with E-state index in [1.54, 1.807) is 0 Å². The summed E-state index contributed by atoms with van der Waals surface area (Å²) >= 11 is 0. The minimum Gasteiger partial charge on any atom is -0.367 e. The van der Waals surface area contributed by atoms with Crippen LogP contribution in [0.1, 0.15) is 18.4 Å². The second-order valence-corrected chi connectivity index (χ2v) is 3.91. The van der Waals surface area contributed by atoms with Crippen molar-refractivity contribution in [3.8, 4) is 0 Å². The highest BCUT2D eigenvalue weighted by atomic mass is 16.2. The van der Waals surface area contributed by atoms with Gasteiger partial charge in [-0.25, -0.2) is 0 Å². The Labute approximate surface area is 89.7 Å². The van der Waals surface area contributed by atoms with Gasteiger partial charge in [0.05, 0.1) is 6.54 Å². The number of nitrogens with one attached hydrogen (secondary N) is 2. The first-order chi connectivity index (χ1) is 7.36. The van der Waals surface area contributed by atoms with Gasteiger partial charge in [0, 0.05) is 32.0 Å². The third-order valence-corrected chi connectivity index (χ3v) is 2.73. The third-order valence-electron chi connectivity index (χ3n) is 2.73. The summed E-state index contributed by atoms with van der Waals surface area (Å²) in [5.74, 6) is 0.225. The number of hydrogen-bond acceptors (Lipinski definition) is 2. The first kappa shape index (κ1) is 10.2. The van der Waals surface area contributed by atoms with E-state index in [9.17, 15) is 4.79 Å². The number of carbonyl (C=O) groups is 1. The molecule has 0 aromatic carbocycles. The third kappa shape index (κ3) is 2.83. The fourth-order valence-corrected chi connectivity index (χ4v) is 1.86. The Morgan fingerprint density at radius 3 is 2.93 bits per heavy atom. The summed E-state index contributed by atoms with van der Waals surface area (Å²) in [5.41, 5.74) is 1.18. The quantitative estimate of drug-likeness (QED) is 0.764. The molecule has 0 saturated carbocycles. The molecule has 1 saturated heterocycles. The van der Waals surface area contributed by atoms with E-state index in [4.69, 9.17) is 0 Å². The molecule has 82 valence electrons. The zero-order valence-electron chi connectivity index (χ0n) is 8.83. The molecular formula is C11H17N3O. The number of aromatic nitrogens is 1. The Hall–Kier alpha value is -1.29. The van der Waals surface area contributed by atoms with Crippen LogP contribution in [0.5, 0.6) is 0 Å². The second kappa shape index (κ2) is 4.98. The maximum atomic E-state index is 11.6. The van der Waals surface area contributed by atoms with Gasteiger partial charge >= 0.3 is 0 Å². The van der Waals surface area contributed by atoms with Gasteiger partial charge in [0.1, 0.15) is 0 Å². The molecule has 1 aromatic rings. The van der Waals surface area contributed by atoms with Crippen molar-refractivity contribution in [1.82, 2.24) is 15.2 Å². The smallest absolute Gasteiger partial charge is 0.236 e. The van der Waals surface area contributed by atoms with E-state index in [-0.39, 0.29) is 5.91 Å². The van der Waals surface area contributed by atoms with Gasteiger partial charge in [-0.3, -0.25) is 4.79 Å². The lowest BCUT2D eigenvalue weighted by molar-refractivity contribution is -0.129. The molecule has 0 aliphatic carbocycles. The topological polar surface area (TPSA) is 48.1 Å². The van der Waals surface area contributed by atoms with Gasteiger partial charge in [-0.05, 0) is 24.5 Å². The lowest BCUT2D eigenvalue weighted by Gasteiger charge is -2.15. The Morgan fingerprint density at radius 1 is 1.47 bits per heavy atom. The molecule has 1 aromatic heterocycles. The maximum Gasteiger partial charge on any atom is 0.236 e. The zero-order valence-corrected chi connectivity index (χ0v) is 8.83. The molecule has 1 aliphatic heterocycles. The minimum atomic E-state index is 0.225. The molecule has 0 spiro atoms. The van der Waals surface area contributed by atoms with Gasteiger partial charge in [-0.2, -0.15) is 0 Å². The van der Waals surface area contributed by atoms with E-state index in [0.717, 1.165) is 32.5 Å². The molecule has 2 N–H and O–H groups in total. The number of rotatable bonds is 4. The highest BCUT2D eigenvalue weighted by molar-refractivity contribution is 5.78. The van der Waals surface area contributed by atoms with Crippen molar-refractivity contribution >= 4 is 5.91 Å². The van der Waals surface area contributed by atoms with E-state index < -0.39 is 0 Å². The summed E-state index contributed by atoms with van der Waals surface area (Å²) in [4.78, 5) is 16.6. The standard InChI is InChI=1S/C11H17N3O/c15-11(14-5-1-2-6-14)9-13-8-10-3-4-12-7-10/h3-4,7,12-13H,1-2,5-6,8-9H2. The largest absolute Gasteiger partial charge is 0.367 e. The molecule has 2 heterocycles. The van der Waals surface area contributed by atoms with Crippen LogP contribution in [0.4, 0.5) is 0 Å². The average Bonchev–Trinajstić information content (AvgIpc) is 2.90. The van der Waals surface area contributed by atoms with Crippen LogP contribution in [-0.2, 0) is 11.3 Å². The number of aromatic amines is 1. The van der Waals surface area contributed by atoms with Crippen molar-refractivity contribution in [2.24, 2.45) is 0 Å². The van der Waals surface area contributed by atoms with Crippen LogP contribution < -0.4 is 5.32 Å². The van der Waals surface area contributed by atoms with Crippen LogP contribution in [0, 0.1) is 0 Å². The minimum absolute atomic E-state index is 0.225. The van der Waals surface area contributed by atoms with E-state index in [1.165, 1.54) is 5.56 Å². The molecule has 1 aliphatic rings. The fourth-order valence-electron chi connectivity index (χ4n) is 1.86. The van der Waals surface area contributed by atoms with Crippen LogP contribution in [0.3, 0.4) is 0 Å². The summed E-state index contributed by atoms with van der Waals surface area (Å²) in [6.07, 6.45) is 6.14. The molecule has 15 heavy (non-hydrogen) atoms. The summed E-state index contributed by atoms with van der Waals surface area (Å²) in [6, 6.07) is 2.01. The van der Waals surface area contributed by atoms with Crippen molar-refractivity contribution in [1.29, 1.82) is 0 Å². The van der Waals surface area contributed by atoms with Crippen LogP contribution in [0.15, 0.2) is 18.5 Å². The predicted octanol–water partition coefficient (Wildman–Crippen LogP) is 0.727. The number of carbonyl (C=O) groups excluding carboxylic acids is 1. The highest BCUT2D eigenvalue weighted by Crippen LogP contribution is 2.06. The molecule has 0 atom stereocenters. The number of likely N-dealkylation sites (tertiary alicyclic amines) is 1. The SMILES string of the molecule is O=C(CNCc1cc[nH]c1)N1CCCC1. The van der Waals surface area contributed by atoms with E-state index in [2.05, 4.69) is 10.3 Å². The molecule has 0 unspecified atom stereocenters. The van der Waals surface area contributed by atoms with Gasteiger partial charge < -0.3 is 15.2 Å². The zero-order chi connectivity index (χ0) is 10.5. The van der Waals surface area contributed by atoms with Gasteiger partial charge in [0.2, 0.25) is 5.91 Å². The van der Waals surface area contributed by atoms with Crippen molar-refractivity contribution < 1.29 is 4.79 Å². The van der Waals surface area contributed by atoms with E-state index in [1.807, 2.05) is 23.4 Å². The van der Waals surface area contributed by atoms with Crippen molar-refractivity contribution in [3.63, 3.8) is 0 Å². The Balaban J connectivity index is 1.67. The number of amides is 1. The van der Waals surface area contributed by atoms with Gasteiger partial charge in [0.15, 0.2) is 0 Å². The molecule has 0 bridgehead atoms. The molecular weight excluding hydrogens is 190 g/mol. The molecule has 0 radical (unpaired) electrons. The molecule has 4 heteroatoms. The predicted molar refractivity (Wildman–Crippen MR) is 58.3 cm³/mol. The lowest BCUT2D eigenvalue weighted by Crippen LogP contribution is -2.35.